The molecular formula is C20H19ClN2O4S. The third-order valence-electron chi connectivity index (χ3n) is 4.10. The van der Waals surface area contributed by atoms with Crippen molar-refractivity contribution in [3.05, 3.63) is 51.4 Å². The van der Waals surface area contributed by atoms with Gasteiger partial charge in [0, 0.05) is 5.02 Å². The SMILES string of the molecule is COc1cc(/C=C2/SC(=Nc3cccc(Cl)c3C)NC2=O)cc(OC)c1OC. The lowest BCUT2D eigenvalue weighted by Gasteiger charge is -2.12. The molecule has 1 heterocycles. The molecule has 1 fully saturated rings. The molecule has 1 aliphatic heterocycles. The van der Waals surface area contributed by atoms with Crippen molar-refractivity contribution in [3.8, 4) is 17.2 Å². The molecule has 6 nitrogen and oxygen atoms in total. The van der Waals surface area contributed by atoms with Gasteiger partial charge in [0.1, 0.15) is 0 Å². The molecule has 0 aromatic heterocycles. The highest BCUT2D eigenvalue weighted by molar-refractivity contribution is 8.18. The number of rotatable bonds is 5. The number of aliphatic imine (C=N–C) groups is 1. The lowest BCUT2D eigenvalue weighted by atomic mass is 10.1. The van der Waals surface area contributed by atoms with Gasteiger partial charge in [-0.05, 0) is 60.2 Å². The zero-order valence-corrected chi connectivity index (χ0v) is 17.4. The van der Waals surface area contributed by atoms with Crippen molar-refractivity contribution >= 4 is 46.2 Å². The topological polar surface area (TPSA) is 69.2 Å². The Morgan fingerprint density at radius 3 is 2.39 bits per heavy atom. The number of hydrogen-bond acceptors (Lipinski definition) is 6. The summed E-state index contributed by atoms with van der Waals surface area (Å²) in [5.74, 6) is 1.30. The summed E-state index contributed by atoms with van der Waals surface area (Å²) < 4.78 is 16.0. The van der Waals surface area contributed by atoms with E-state index in [2.05, 4.69) is 10.3 Å². The summed E-state index contributed by atoms with van der Waals surface area (Å²) in [6, 6.07) is 9.03. The van der Waals surface area contributed by atoms with Crippen LogP contribution in [0.1, 0.15) is 11.1 Å². The van der Waals surface area contributed by atoms with Gasteiger partial charge in [0.25, 0.3) is 5.91 Å². The summed E-state index contributed by atoms with van der Waals surface area (Å²) in [4.78, 5) is 17.4. The van der Waals surface area contributed by atoms with E-state index >= 15 is 0 Å². The average Bonchev–Trinajstić information content (AvgIpc) is 3.03. The minimum Gasteiger partial charge on any atom is -0.493 e. The maximum atomic E-state index is 12.4. The third-order valence-corrected chi connectivity index (χ3v) is 5.42. The first-order valence-electron chi connectivity index (χ1n) is 8.31. The quantitative estimate of drug-likeness (QED) is 0.720. The number of halogens is 1. The van der Waals surface area contributed by atoms with Crippen LogP contribution in [-0.4, -0.2) is 32.4 Å². The van der Waals surface area contributed by atoms with Gasteiger partial charge in [0.15, 0.2) is 16.7 Å². The van der Waals surface area contributed by atoms with Crippen LogP contribution >= 0.6 is 23.4 Å². The first-order chi connectivity index (χ1) is 13.5. The van der Waals surface area contributed by atoms with E-state index in [9.17, 15) is 4.79 Å². The van der Waals surface area contributed by atoms with Crippen molar-refractivity contribution in [2.75, 3.05) is 21.3 Å². The van der Waals surface area contributed by atoms with E-state index in [1.54, 1.807) is 45.6 Å². The Balaban J connectivity index is 1.93. The van der Waals surface area contributed by atoms with Crippen LogP contribution in [0.3, 0.4) is 0 Å². The molecule has 1 aliphatic rings. The highest BCUT2D eigenvalue weighted by Gasteiger charge is 2.24. The number of amides is 1. The molecule has 0 bridgehead atoms. The highest BCUT2D eigenvalue weighted by atomic mass is 35.5. The van der Waals surface area contributed by atoms with E-state index in [-0.39, 0.29) is 5.91 Å². The molecule has 2 aromatic rings. The van der Waals surface area contributed by atoms with E-state index in [1.165, 1.54) is 11.8 Å². The summed E-state index contributed by atoms with van der Waals surface area (Å²) in [5.41, 5.74) is 2.31. The van der Waals surface area contributed by atoms with Crippen LogP contribution in [-0.2, 0) is 4.79 Å². The second-order valence-corrected chi connectivity index (χ2v) is 7.26. The van der Waals surface area contributed by atoms with E-state index in [0.717, 1.165) is 11.1 Å². The van der Waals surface area contributed by atoms with Crippen LogP contribution in [0.15, 0.2) is 40.2 Å². The van der Waals surface area contributed by atoms with Crippen LogP contribution < -0.4 is 19.5 Å². The molecule has 1 saturated heterocycles. The lowest BCUT2D eigenvalue weighted by molar-refractivity contribution is -0.115. The Morgan fingerprint density at radius 2 is 1.79 bits per heavy atom. The fourth-order valence-electron chi connectivity index (χ4n) is 2.64. The van der Waals surface area contributed by atoms with Crippen LogP contribution in [0, 0.1) is 6.92 Å². The molecule has 146 valence electrons. The maximum absolute atomic E-state index is 12.4. The zero-order valence-electron chi connectivity index (χ0n) is 15.8. The van der Waals surface area contributed by atoms with Crippen molar-refractivity contribution in [1.82, 2.24) is 5.32 Å². The molecule has 0 atom stereocenters. The smallest absolute Gasteiger partial charge is 0.264 e. The number of nitrogens with zero attached hydrogens (tertiary/aromatic N) is 1. The van der Waals surface area contributed by atoms with E-state index in [1.807, 2.05) is 19.1 Å². The van der Waals surface area contributed by atoms with Gasteiger partial charge < -0.3 is 19.5 Å². The first kappa shape index (κ1) is 20.1. The van der Waals surface area contributed by atoms with Crippen molar-refractivity contribution < 1.29 is 19.0 Å². The predicted octanol–water partition coefficient (Wildman–Crippen LogP) is 4.57. The monoisotopic (exact) mass is 418 g/mol. The number of hydrogen-bond donors (Lipinski definition) is 1. The van der Waals surface area contributed by atoms with Crippen molar-refractivity contribution in [1.29, 1.82) is 0 Å². The molecular weight excluding hydrogens is 400 g/mol. The minimum atomic E-state index is -0.225. The van der Waals surface area contributed by atoms with E-state index in [4.69, 9.17) is 25.8 Å². The van der Waals surface area contributed by atoms with Gasteiger partial charge in [0.05, 0.1) is 31.9 Å². The van der Waals surface area contributed by atoms with Crippen LogP contribution in [0.4, 0.5) is 5.69 Å². The normalized spacial score (nSPS) is 16.4. The van der Waals surface area contributed by atoms with Crippen LogP contribution in [0.25, 0.3) is 6.08 Å². The number of carbonyl (C=O) groups excluding carboxylic acids is 1. The molecule has 0 aliphatic carbocycles. The van der Waals surface area contributed by atoms with Crippen LogP contribution in [0.5, 0.6) is 17.2 Å². The molecule has 0 saturated carbocycles. The largest absolute Gasteiger partial charge is 0.493 e. The van der Waals surface area contributed by atoms with Gasteiger partial charge in [-0.3, -0.25) is 4.79 Å². The summed E-state index contributed by atoms with van der Waals surface area (Å²) in [6.07, 6.45) is 1.75. The van der Waals surface area contributed by atoms with Gasteiger partial charge in [-0.1, -0.05) is 17.7 Å². The fourth-order valence-corrected chi connectivity index (χ4v) is 3.65. The zero-order chi connectivity index (χ0) is 20.3. The minimum absolute atomic E-state index is 0.225. The molecule has 8 heteroatoms. The Bertz CT molecular complexity index is 963. The van der Waals surface area contributed by atoms with Crippen molar-refractivity contribution in [3.63, 3.8) is 0 Å². The summed E-state index contributed by atoms with van der Waals surface area (Å²) >= 11 is 7.39. The van der Waals surface area contributed by atoms with Gasteiger partial charge in [0.2, 0.25) is 5.75 Å². The van der Waals surface area contributed by atoms with E-state index in [0.29, 0.717) is 38.0 Å². The first-order valence-corrected chi connectivity index (χ1v) is 9.51. The van der Waals surface area contributed by atoms with Crippen LogP contribution in [0.2, 0.25) is 5.02 Å². The van der Waals surface area contributed by atoms with E-state index < -0.39 is 0 Å². The number of nitrogens with one attached hydrogen (secondary N) is 1. The average molecular weight is 419 g/mol. The Labute approximate surface area is 172 Å². The number of ether oxygens (including phenoxy) is 3. The Morgan fingerprint density at radius 1 is 1.11 bits per heavy atom. The van der Waals surface area contributed by atoms with Gasteiger partial charge in [-0.2, -0.15) is 0 Å². The Kier molecular flexibility index (Phi) is 6.16. The predicted molar refractivity (Wildman–Crippen MR) is 113 cm³/mol. The van der Waals surface area contributed by atoms with Gasteiger partial charge in [-0.25, -0.2) is 4.99 Å². The molecule has 3 rings (SSSR count). The van der Waals surface area contributed by atoms with Gasteiger partial charge in [-0.15, -0.1) is 0 Å². The molecule has 1 amide bonds. The standard InChI is InChI=1S/C20H19ClN2O4S/c1-11-13(21)6-5-7-14(11)22-20-23-19(24)17(28-20)10-12-8-15(25-2)18(27-4)16(9-12)26-3/h5-10H,1-4H3,(H,22,23,24)/b17-10+. The highest BCUT2D eigenvalue weighted by Crippen LogP contribution is 2.39. The van der Waals surface area contributed by atoms with Gasteiger partial charge >= 0.3 is 0 Å². The summed E-state index contributed by atoms with van der Waals surface area (Å²) in [5, 5.41) is 3.90. The second kappa shape index (κ2) is 8.58. The number of amidine groups is 1. The summed E-state index contributed by atoms with van der Waals surface area (Å²) in [6.45, 7) is 1.88. The van der Waals surface area contributed by atoms with Crippen molar-refractivity contribution in [2.24, 2.45) is 4.99 Å². The maximum Gasteiger partial charge on any atom is 0.264 e. The fraction of sp³-hybridized carbons (Fsp3) is 0.200. The Hall–Kier alpha value is -2.64. The number of methoxy groups -OCH3 is 3. The number of carbonyl (C=O) groups is 1. The molecule has 1 N–H and O–H groups in total. The molecule has 0 radical (unpaired) electrons. The molecule has 28 heavy (non-hydrogen) atoms. The number of benzene rings is 2. The second-order valence-electron chi connectivity index (χ2n) is 5.82. The third kappa shape index (κ3) is 4.10. The molecule has 0 spiro atoms. The molecule has 0 unspecified atom stereocenters. The summed E-state index contributed by atoms with van der Waals surface area (Å²) in [7, 11) is 4.63. The number of thioether (sulfide) groups is 1. The molecule has 2 aromatic carbocycles. The van der Waals surface area contributed by atoms with Crippen molar-refractivity contribution in [2.45, 2.75) is 6.92 Å². The lowest BCUT2D eigenvalue weighted by Crippen LogP contribution is -2.19.